The zero-order chi connectivity index (χ0) is 23.9. The quantitative estimate of drug-likeness (QED) is 0.463. The van der Waals surface area contributed by atoms with E-state index in [2.05, 4.69) is 71.8 Å². The van der Waals surface area contributed by atoms with E-state index in [1.165, 1.54) is 5.56 Å². The molecule has 0 bridgehead atoms. The van der Waals surface area contributed by atoms with Gasteiger partial charge < -0.3 is 23.8 Å². The topological polar surface area (TPSA) is 43.4 Å². The zero-order valence-electron chi connectivity index (χ0n) is 20.6. The Balaban J connectivity index is 1.61. The van der Waals surface area contributed by atoms with E-state index >= 15 is 0 Å². The van der Waals surface area contributed by atoms with Gasteiger partial charge in [0.15, 0.2) is 0 Å². The average Bonchev–Trinajstić information content (AvgIpc) is 3.32. The second-order valence-corrected chi connectivity index (χ2v) is 9.26. The largest absolute Gasteiger partial charge is 0.489 e. The summed E-state index contributed by atoms with van der Waals surface area (Å²) < 4.78 is 23.9. The van der Waals surface area contributed by atoms with Crippen LogP contribution in [0.25, 0.3) is 0 Å². The van der Waals surface area contributed by atoms with E-state index in [1.54, 1.807) is 14.2 Å². The SMILES string of the molecule is C=CC(C)COCC(CN1c2ccccc2OCC1c1ccccc1)N1CC(OC)C(OC)C1. The van der Waals surface area contributed by atoms with Gasteiger partial charge in [0.25, 0.3) is 0 Å². The molecular formula is C28H38N2O4. The second-order valence-electron chi connectivity index (χ2n) is 9.26. The number of hydrogen-bond donors (Lipinski definition) is 0. The minimum absolute atomic E-state index is 0.0569. The van der Waals surface area contributed by atoms with E-state index in [1.807, 2.05) is 12.1 Å². The molecule has 6 nitrogen and oxygen atoms in total. The molecule has 2 aliphatic heterocycles. The lowest BCUT2D eigenvalue weighted by Crippen LogP contribution is -2.49. The minimum atomic E-state index is 0.0569. The van der Waals surface area contributed by atoms with Crippen LogP contribution in [0.1, 0.15) is 18.5 Å². The van der Waals surface area contributed by atoms with E-state index in [-0.39, 0.29) is 24.3 Å². The molecule has 0 amide bonds. The Kier molecular flexibility index (Phi) is 8.62. The van der Waals surface area contributed by atoms with Crippen molar-refractivity contribution in [2.75, 3.05) is 58.6 Å². The van der Waals surface area contributed by atoms with Gasteiger partial charge >= 0.3 is 0 Å². The Hall–Kier alpha value is -2.38. The molecule has 0 spiro atoms. The fourth-order valence-corrected chi connectivity index (χ4v) is 4.90. The third-order valence-electron chi connectivity index (χ3n) is 7.00. The maximum Gasteiger partial charge on any atom is 0.142 e. The first-order chi connectivity index (χ1) is 16.6. The average molecular weight is 467 g/mol. The molecule has 1 saturated heterocycles. The molecule has 2 aromatic rings. The molecule has 2 heterocycles. The van der Waals surface area contributed by atoms with E-state index in [4.69, 9.17) is 18.9 Å². The van der Waals surface area contributed by atoms with Gasteiger partial charge in [-0.2, -0.15) is 0 Å². The summed E-state index contributed by atoms with van der Waals surface area (Å²) in [4.78, 5) is 4.95. The van der Waals surface area contributed by atoms with E-state index < -0.39 is 0 Å². The summed E-state index contributed by atoms with van der Waals surface area (Å²) in [6, 6.07) is 19.2. The van der Waals surface area contributed by atoms with Crippen LogP contribution in [-0.4, -0.2) is 76.8 Å². The van der Waals surface area contributed by atoms with Gasteiger partial charge in [-0.3, -0.25) is 4.90 Å². The molecule has 0 aromatic heterocycles. The second kappa shape index (κ2) is 11.8. The van der Waals surface area contributed by atoms with E-state index in [0.29, 0.717) is 25.7 Å². The number of nitrogens with zero attached hydrogens (tertiary/aromatic N) is 2. The van der Waals surface area contributed by atoms with Gasteiger partial charge in [-0.25, -0.2) is 0 Å². The van der Waals surface area contributed by atoms with Crippen molar-refractivity contribution in [1.29, 1.82) is 0 Å². The molecule has 1 fully saturated rings. The summed E-state index contributed by atoms with van der Waals surface area (Å²) in [5.41, 5.74) is 2.38. The summed E-state index contributed by atoms with van der Waals surface area (Å²) >= 11 is 0. The van der Waals surface area contributed by atoms with Crippen LogP contribution in [0.3, 0.4) is 0 Å². The van der Waals surface area contributed by atoms with Gasteiger partial charge in [-0.1, -0.05) is 55.5 Å². The fourth-order valence-electron chi connectivity index (χ4n) is 4.90. The fraction of sp³-hybridized carbons (Fsp3) is 0.500. The molecule has 4 rings (SSSR count). The number of fused-ring (bicyclic) bond motifs is 1. The summed E-state index contributed by atoms with van der Waals surface area (Å²) in [5.74, 6) is 1.25. The normalized spacial score (nSPS) is 24.3. The van der Waals surface area contributed by atoms with Gasteiger partial charge in [0.1, 0.15) is 12.4 Å². The number of ether oxygens (including phenoxy) is 4. The molecule has 2 aromatic carbocycles. The van der Waals surface area contributed by atoms with Crippen molar-refractivity contribution in [2.24, 2.45) is 5.92 Å². The van der Waals surface area contributed by atoms with Gasteiger partial charge in [0.2, 0.25) is 0 Å². The highest BCUT2D eigenvalue weighted by atomic mass is 16.5. The highest BCUT2D eigenvalue weighted by molar-refractivity contribution is 5.61. The Morgan fingerprint density at radius 1 is 1.00 bits per heavy atom. The molecule has 6 heteroatoms. The molecule has 2 aliphatic rings. The van der Waals surface area contributed by atoms with E-state index in [0.717, 1.165) is 31.1 Å². The number of rotatable bonds is 11. The first kappa shape index (κ1) is 24.7. The number of para-hydroxylation sites is 2. The van der Waals surface area contributed by atoms with Crippen LogP contribution >= 0.6 is 0 Å². The van der Waals surface area contributed by atoms with Crippen LogP contribution in [0, 0.1) is 5.92 Å². The Morgan fingerprint density at radius 2 is 1.68 bits per heavy atom. The van der Waals surface area contributed by atoms with Crippen LogP contribution in [0.2, 0.25) is 0 Å². The van der Waals surface area contributed by atoms with Crippen molar-refractivity contribution in [3.05, 3.63) is 72.8 Å². The third kappa shape index (κ3) is 5.63. The van der Waals surface area contributed by atoms with Crippen LogP contribution in [0.4, 0.5) is 5.69 Å². The highest BCUT2D eigenvalue weighted by Crippen LogP contribution is 2.39. The van der Waals surface area contributed by atoms with Crippen molar-refractivity contribution in [3.63, 3.8) is 0 Å². The van der Waals surface area contributed by atoms with E-state index in [9.17, 15) is 0 Å². The van der Waals surface area contributed by atoms with Crippen molar-refractivity contribution in [2.45, 2.75) is 31.2 Å². The van der Waals surface area contributed by atoms with Crippen molar-refractivity contribution < 1.29 is 18.9 Å². The van der Waals surface area contributed by atoms with Gasteiger partial charge in [0.05, 0.1) is 43.2 Å². The summed E-state index contributed by atoms with van der Waals surface area (Å²) in [6.07, 6.45) is 2.05. The lowest BCUT2D eigenvalue weighted by Gasteiger charge is -2.42. The number of likely N-dealkylation sites (tertiary alicyclic amines) is 1. The number of methoxy groups -OCH3 is 2. The highest BCUT2D eigenvalue weighted by Gasteiger charge is 2.39. The van der Waals surface area contributed by atoms with Gasteiger partial charge in [0, 0.05) is 33.9 Å². The zero-order valence-corrected chi connectivity index (χ0v) is 20.6. The third-order valence-corrected chi connectivity index (χ3v) is 7.00. The lowest BCUT2D eigenvalue weighted by atomic mass is 10.0. The summed E-state index contributed by atoms with van der Waals surface area (Å²) in [6.45, 7) is 10.4. The first-order valence-electron chi connectivity index (χ1n) is 12.2. The molecule has 5 unspecified atom stereocenters. The molecule has 34 heavy (non-hydrogen) atoms. The van der Waals surface area contributed by atoms with Crippen LogP contribution < -0.4 is 9.64 Å². The van der Waals surface area contributed by atoms with Crippen molar-refractivity contribution >= 4 is 5.69 Å². The lowest BCUT2D eigenvalue weighted by molar-refractivity contribution is -0.00461. The van der Waals surface area contributed by atoms with Crippen molar-refractivity contribution in [3.8, 4) is 5.75 Å². The van der Waals surface area contributed by atoms with Crippen LogP contribution in [-0.2, 0) is 14.2 Å². The van der Waals surface area contributed by atoms with Crippen LogP contribution in [0.15, 0.2) is 67.3 Å². The Labute approximate surface area is 204 Å². The smallest absolute Gasteiger partial charge is 0.142 e. The molecule has 5 atom stereocenters. The Bertz CT molecular complexity index is 896. The van der Waals surface area contributed by atoms with Crippen LogP contribution in [0.5, 0.6) is 5.75 Å². The predicted molar refractivity (Wildman–Crippen MR) is 136 cm³/mol. The molecule has 0 N–H and O–H groups in total. The minimum Gasteiger partial charge on any atom is -0.489 e. The predicted octanol–water partition coefficient (Wildman–Crippen LogP) is 4.18. The molecular weight excluding hydrogens is 428 g/mol. The monoisotopic (exact) mass is 466 g/mol. The molecule has 184 valence electrons. The number of anilines is 1. The first-order valence-corrected chi connectivity index (χ1v) is 12.2. The van der Waals surface area contributed by atoms with Crippen molar-refractivity contribution in [1.82, 2.24) is 4.90 Å². The molecule has 0 radical (unpaired) electrons. The maximum atomic E-state index is 6.22. The maximum absolute atomic E-state index is 6.22. The summed E-state index contributed by atoms with van der Waals surface area (Å²) in [7, 11) is 3.53. The number of benzene rings is 2. The number of hydrogen-bond acceptors (Lipinski definition) is 6. The summed E-state index contributed by atoms with van der Waals surface area (Å²) in [5, 5.41) is 0. The van der Waals surface area contributed by atoms with Gasteiger partial charge in [-0.15, -0.1) is 6.58 Å². The standard InChI is InChI=1S/C28H38N2O4/c1-5-21(2)18-33-19-23(29-16-27(31-3)28(17-29)32-4)15-30-24-13-9-10-14-26(24)34-20-25(30)22-11-7-6-8-12-22/h5-14,21,23,25,27-28H,1,15-20H2,2-4H3. The molecule has 0 aliphatic carbocycles. The Morgan fingerprint density at radius 3 is 2.35 bits per heavy atom. The molecule has 0 saturated carbocycles. The van der Waals surface area contributed by atoms with Gasteiger partial charge in [-0.05, 0) is 23.6 Å².